The van der Waals surface area contributed by atoms with Crippen molar-refractivity contribution in [1.29, 1.82) is 0 Å². The van der Waals surface area contributed by atoms with E-state index < -0.39 is 29.7 Å². The van der Waals surface area contributed by atoms with Crippen LogP contribution in [-0.2, 0) is 20.8 Å². The number of rotatable bonds is 11. The number of hydrogen-bond acceptors (Lipinski definition) is 10. The lowest BCUT2D eigenvalue weighted by Gasteiger charge is -2.24. The summed E-state index contributed by atoms with van der Waals surface area (Å²) in [5, 5.41) is 7.97. The van der Waals surface area contributed by atoms with Crippen molar-refractivity contribution in [3.8, 4) is 0 Å². The molecule has 1 amide bonds. The number of aromatic nitrogens is 4. The van der Waals surface area contributed by atoms with E-state index in [1.807, 2.05) is 6.92 Å². The summed E-state index contributed by atoms with van der Waals surface area (Å²) in [6.07, 6.45) is 3.61. The van der Waals surface area contributed by atoms with Crippen molar-refractivity contribution in [2.75, 3.05) is 55.5 Å². The van der Waals surface area contributed by atoms with Crippen molar-refractivity contribution in [2.45, 2.75) is 39.2 Å². The first-order chi connectivity index (χ1) is 16.9. The first-order valence-electron chi connectivity index (χ1n) is 11.5. The molecule has 1 aliphatic heterocycles. The fraction of sp³-hybridized carbons (Fsp3) is 0.545. The molecule has 3 rings (SSSR count). The number of nitrogens with one attached hydrogen (secondary N) is 1. The second-order valence-electron chi connectivity index (χ2n) is 8.08. The van der Waals surface area contributed by atoms with Crippen LogP contribution >= 0.6 is 0 Å². The van der Waals surface area contributed by atoms with Gasteiger partial charge in [-0.05, 0) is 31.4 Å². The van der Waals surface area contributed by atoms with Crippen LogP contribution in [0.2, 0.25) is 0 Å². The zero-order chi connectivity index (χ0) is 25.4. The largest absolute Gasteiger partial charge is 0.451 e. The minimum Gasteiger partial charge on any atom is -0.451 e. The molecule has 0 atom stereocenters. The summed E-state index contributed by atoms with van der Waals surface area (Å²) in [6, 6.07) is 3.17. The predicted octanol–water partition coefficient (Wildman–Crippen LogP) is 0.146. The van der Waals surface area contributed by atoms with Gasteiger partial charge in [-0.2, -0.15) is 0 Å². The number of amides is 1. The highest BCUT2D eigenvalue weighted by Gasteiger charge is 2.25. The molecule has 1 saturated heterocycles. The summed E-state index contributed by atoms with van der Waals surface area (Å²) < 4.78 is 11.4. The third-order valence-electron chi connectivity index (χ3n) is 5.66. The minimum atomic E-state index is -0.833. The topological polar surface area (TPSA) is 166 Å². The van der Waals surface area contributed by atoms with Crippen molar-refractivity contribution in [1.82, 2.24) is 19.7 Å². The number of nitrogens with zero attached hydrogens (tertiary/aromatic N) is 5. The van der Waals surface area contributed by atoms with Gasteiger partial charge >= 0.3 is 11.7 Å². The van der Waals surface area contributed by atoms with E-state index in [4.69, 9.17) is 15.2 Å². The van der Waals surface area contributed by atoms with Gasteiger partial charge in [-0.1, -0.05) is 13.3 Å². The van der Waals surface area contributed by atoms with Crippen molar-refractivity contribution in [3.05, 3.63) is 38.7 Å². The molecule has 3 heterocycles. The summed E-state index contributed by atoms with van der Waals surface area (Å²) in [5.74, 6) is -1.02. The molecule has 190 valence electrons. The van der Waals surface area contributed by atoms with Crippen molar-refractivity contribution in [3.63, 3.8) is 0 Å². The number of nitrogen functional groups attached to an aromatic ring is 1. The number of hydrogen-bond donors (Lipinski definition) is 2. The van der Waals surface area contributed by atoms with Crippen LogP contribution in [0.15, 0.2) is 21.7 Å². The zero-order valence-corrected chi connectivity index (χ0v) is 20.0. The smallest absolute Gasteiger partial charge is 0.359 e. The molecule has 1 fully saturated rings. The van der Waals surface area contributed by atoms with Gasteiger partial charge in [0.25, 0.3) is 11.5 Å². The van der Waals surface area contributed by atoms with E-state index in [0.717, 1.165) is 37.3 Å². The van der Waals surface area contributed by atoms with E-state index in [1.54, 1.807) is 6.07 Å². The van der Waals surface area contributed by atoms with Gasteiger partial charge in [-0.3, -0.25) is 24.0 Å². The van der Waals surface area contributed by atoms with Crippen LogP contribution in [0.1, 0.15) is 43.1 Å². The Balaban J connectivity index is 1.75. The average Bonchev–Trinajstić information content (AvgIpc) is 3.39. The lowest BCUT2D eigenvalue weighted by Crippen LogP contribution is -2.44. The second kappa shape index (κ2) is 12.1. The molecule has 13 nitrogen and oxygen atoms in total. The minimum absolute atomic E-state index is 0.0452. The van der Waals surface area contributed by atoms with E-state index in [2.05, 4.69) is 20.1 Å². The van der Waals surface area contributed by atoms with Crippen molar-refractivity contribution in [2.24, 2.45) is 0 Å². The summed E-state index contributed by atoms with van der Waals surface area (Å²) >= 11 is 0. The fourth-order valence-corrected chi connectivity index (χ4v) is 3.75. The van der Waals surface area contributed by atoms with Gasteiger partial charge in [0.1, 0.15) is 5.82 Å². The molecular formula is C22H31N7O6. The quantitative estimate of drug-likeness (QED) is 0.415. The van der Waals surface area contributed by atoms with Gasteiger partial charge in [0, 0.05) is 33.3 Å². The Morgan fingerprint density at radius 1 is 1.20 bits per heavy atom. The average molecular weight is 490 g/mol. The number of esters is 1. The Morgan fingerprint density at radius 2 is 1.94 bits per heavy atom. The molecule has 1 aliphatic rings. The molecule has 0 aliphatic carbocycles. The molecular weight excluding hydrogens is 458 g/mol. The van der Waals surface area contributed by atoms with Crippen molar-refractivity contribution < 1.29 is 19.1 Å². The molecule has 0 bridgehead atoms. The number of ether oxygens (including phenoxy) is 2. The van der Waals surface area contributed by atoms with Crippen molar-refractivity contribution >= 4 is 29.2 Å². The van der Waals surface area contributed by atoms with Crippen LogP contribution in [0.25, 0.3) is 0 Å². The van der Waals surface area contributed by atoms with Gasteiger partial charge in [-0.15, -0.1) is 10.2 Å². The highest BCUT2D eigenvalue weighted by molar-refractivity contribution is 5.98. The molecule has 0 aromatic carbocycles. The van der Waals surface area contributed by atoms with Crippen LogP contribution in [0, 0.1) is 0 Å². The number of anilines is 3. The molecule has 13 heteroatoms. The predicted molar refractivity (Wildman–Crippen MR) is 129 cm³/mol. The maximum Gasteiger partial charge on any atom is 0.359 e. The fourth-order valence-electron chi connectivity index (χ4n) is 3.75. The maximum absolute atomic E-state index is 13.0. The van der Waals surface area contributed by atoms with Crippen LogP contribution in [0.3, 0.4) is 0 Å². The Morgan fingerprint density at radius 3 is 2.57 bits per heavy atom. The number of carbonyl (C=O) groups is 2. The maximum atomic E-state index is 13.0. The molecule has 0 saturated carbocycles. The lowest BCUT2D eigenvalue weighted by atomic mass is 10.3. The van der Waals surface area contributed by atoms with Gasteiger partial charge < -0.3 is 20.1 Å². The molecule has 0 unspecified atom stereocenters. The van der Waals surface area contributed by atoms with E-state index in [9.17, 15) is 19.2 Å². The Bertz CT molecular complexity index is 1140. The summed E-state index contributed by atoms with van der Waals surface area (Å²) in [5.41, 5.74) is 4.40. The first kappa shape index (κ1) is 25.9. The number of nitrogens with two attached hydrogens (primary N) is 1. The van der Waals surface area contributed by atoms with Crippen LogP contribution < -0.4 is 26.8 Å². The summed E-state index contributed by atoms with van der Waals surface area (Å²) in [4.78, 5) is 55.5. The first-order valence-corrected chi connectivity index (χ1v) is 11.5. The van der Waals surface area contributed by atoms with E-state index in [0.29, 0.717) is 12.2 Å². The van der Waals surface area contributed by atoms with Crippen LogP contribution in [0.5, 0.6) is 0 Å². The Labute approximate surface area is 201 Å². The number of carbonyl (C=O) groups excluding carboxylic acids is 2. The second-order valence-corrected chi connectivity index (χ2v) is 8.08. The third-order valence-corrected chi connectivity index (χ3v) is 5.66. The van der Waals surface area contributed by atoms with Gasteiger partial charge in [-0.25, -0.2) is 9.59 Å². The molecule has 35 heavy (non-hydrogen) atoms. The Hall–Kier alpha value is -3.74. The van der Waals surface area contributed by atoms with Crippen LogP contribution in [0.4, 0.5) is 17.3 Å². The lowest BCUT2D eigenvalue weighted by molar-refractivity contribution is -0.121. The molecule has 3 N–H and O–H groups in total. The summed E-state index contributed by atoms with van der Waals surface area (Å²) in [6.45, 7) is 3.35. The Kier molecular flexibility index (Phi) is 8.95. The SMILES string of the molecule is CCCCn1c(N)c(N(CCOC)C(=O)COC(=O)c2ccc(N3CCCC3)nn2)c(=O)[nH]c1=O. The summed E-state index contributed by atoms with van der Waals surface area (Å²) in [7, 11) is 1.43. The number of aromatic amines is 1. The number of unbranched alkanes of at least 4 members (excludes halogenated alkanes) is 1. The van der Waals surface area contributed by atoms with E-state index in [-0.39, 0.29) is 36.9 Å². The van der Waals surface area contributed by atoms with Gasteiger partial charge in [0.15, 0.2) is 23.8 Å². The molecule has 0 radical (unpaired) electrons. The standard InChI is InChI=1S/C22H31N7O6/c1-3-4-11-29-19(23)18(20(31)24-22(29)33)28(12-13-34-2)17(30)14-35-21(32)15-7-8-16(26-25-15)27-9-5-6-10-27/h7-8H,3-6,9-14,23H2,1-2H3,(H,24,31,33). The molecule has 2 aromatic heterocycles. The highest BCUT2D eigenvalue weighted by Crippen LogP contribution is 2.18. The van der Waals surface area contributed by atoms with E-state index in [1.165, 1.54) is 17.7 Å². The van der Waals surface area contributed by atoms with Gasteiger partial charge in [0.05, 0.1) is 6.61 Å². The number of H-pyrrole nitrogens is 1. The zero-order valence-electron chi connectivity index (χ0n) is 20.0. The highest BCUT2D eigenvalue weighted by atomic mass is 16.5. The molecule has 0 spiro atoms. The van der Waals surface area contributed by atoms with Crippen LogP contribution in [-0.4, -0.2) is 71.6 Å². The molecule has 2 aromatic rings. The third kappa shape index (κ3) is 6.23. The number of methoxy groups -OCH3 is 1. The van der Waals surface area contributed by atoms with Gasteiger partial charge in [0.2, 0.25) is 0 Å². The monoisotopic (exact) mass is 489 g/mol. The van der Waals surface area contributed by atoms with E-state index >= 15 is 0 Å². The normalized spacial score (nSPS) is 13.1.